The number of pyridine rings is 1. The number of rotatable bonds is 3. The zero-order valence-corrected chi connectivity index (χ0v) is 11.0. The minimum absolute atomic E-state index is 0.0942. The Morgan fingerprint density at radius 1 is 1.10 bits per heavy atom. The Morgan fingerprint density at radius 3 is 2.70 bits per heavy atom. The van der Waals surface area contributed by atoms with Gasteiger partial charge in [-0.2, -0.15) is 0 Å². The van der Waals surface area contributed by atoms with Gasteiger partial charge in [-0.25, -0.2) is 0 Å². The highest BCUT2D eigenvalue weighted by Gasteiger charge is 2.18. The van der Waals surface area contributed by atoms with Gasteiger partial charge >= 0.3 is 0 Å². The van der Waals surface area contributed by atoms with Crippen LogP contribution in [0.3, 0.4) is 0 Å². The maximum absolute atomic E-state index is 12.3. The first-order valence-electron chi connectivity index (χ1n) is 6.63. The largest absolute Gasteiger partial charge is 0.348 e. The molecule has 1 aliphatic heterocycles. The Kier molecular flexibility index (Phi) is 3.85. The van der Waals surface area contributed by atoms with Crippen molar-refractivity contribution in [1.29, 1.82) is 0 Å². The van der Waals surface area contributed by atoms with Gasteiger partial charge < -0.3 is 9.47 Å². The maximum Gasteiger partial charge on any atom is 0.211 e. The lowest BCUT2D eigenvalue weighted by atomic mass is 10.0. The lowest BCUT2D eigenvalue weighted by Gasteiger charge is -2.23. The Bertz CT molecular complexity index is 592. The predicted octanol–water partition coefficient (Wildman–Crippen LogP) is 2.75. The molecular formula is C16H15NO3. The monoisotopic (exact) mass is 269 g/mol. The van der Waals surface area contributed by atoms with E-state index in [9.17, 15) is 4.79 Å². The third-order valence-electron chi connectivity index (χ3n) is 3.15. The Morgan fingerprint density at radius 2 is 1.95 bits per heavy atom. The van der Waals surface area contributed by atoms with Crippen molar-refractivity contribution in [1.82, 2.24) is 4.98 Å². The molecule has 0 unspecified atom stereocenters. The average Bonchev–Trinajstić information content (AvgIpc) is 2.56. The molecule has 0 aliphatic carbocycles. The molecule has 0 bridgehead atoms. The molecule has 0 radical (unpaired) electrons. The van der Waals surface area contributed by atoms with E-state index >= 15 is 0 Å². The minimum atomic E-state index is -0.375. The number of carbonyl (C=O) groups is 1. The molecule has 1 aliphatic rings. The lowest BCUT2D eigenvalue weighted by molar-refractivity contribution is -0.183. The molecule has 1 saturated heterocycles. The van der Waals surface area contributed by atoms with E-state index in [1.54, 1.807) is 30.5 Å². The minimum Gasteiger partial charge on any atom is -0.348 e. The zero-order chi connectivity index (χ0) is 13.8. The second kappa shape index (κ2) is 5.94. The van der Waals surface area contributed by atoms with Crippen LogP contribution in [0, 0.1) is 0 Å². The van der Waals surface area contributed by atoms with Crippen LogP contribution in [0.15, 0.2) is 48.7 Å². The summed E-state index contributed by atoms with van der Waals surface area (Å²) in [5.74, 6) is -0.0942. The number of hydrogen-bond donors (Lipinski definition) is 0. The van der Waals surface area contributed by atoms with E-state index in [-0.39, 0.29) is 12.1 Å². The molecule has 20 heavy (non-hydrogen) atoms. The van der Waals surface area contributed by atoms with Crippen molar-refractivity contribution in [2.75, 3.05) is 13.2 Å². The van der Waals surface area contributed by atoms with Gasteiger partial charge in [-0.3, -0.25) is 9.78 Å². The molecule has 0 N–H and O–H groups in total. The van der Waals surface area contributed by atoms with Gasteiger partial charge in [0.05, 0.1) is 13.2 Å². The molecule has 0 amide bonds. The summed E-state index contributed by atoms with van der Waals surface area (Å²) < 4.78 is 11.1. The van der Waals surface area contributed by atoms with Gasteiger partial charge in [0, 0.05) is 17.3 Å². The van der Waals surface area contributed by atoms with Gasteiger partial charge in [-0.1, -0.05) is 24.3 Å². The van der Waals surface area contributed by atoms with Crippen LogP contribution in [0.1, 0.15) is 34.3 Å². The second-order valence-corrected chi connectivity index (χ2v) is 4.60. The summed E-state index contributed by atoms with van der Waals surface area (Å²) in [6, 6.07) is 12.6. The fourth-order valence-corrected chi connectivity index (χ4v) is 2.15. The van der Waals surface area contributed by atoms with E-state index < -0.39 is 0 Å². The van der Waals surface area contributed by atoms with Crippen LogP contribution in [-0.2, 0) is 9.47 Å². The Balaban J connectivity index is 1.85. The van der Waals surface area contributed by atoms with Crippen molar-refractivity contribution >= 4 is 5.78 Å². The van der Waals surface area contributed by atoms with Gasteiger partial charge in [-0.15, -0.1) is 0 Å². The normalized spacial score (nSPS) is 16.0. The molecule has 2 heterocycles. The Labute approximate surface area is 117 Å². The van der Waals surface area contributed by atoms with Gasteiger partial charge in [0.15, 0.2) is 6.29 Å². The van der Waals surface area contributed by atoms with Crippen LogP contribution in [0.25, 0.3) is 0 Å². The van der Waals surface area contributed by atoms with E-state index in [4.69, 9.17) is 9.47 Å². The molecule has 1 aromatic carbocycles. The first-order chi connectivity index (χ1) is 9.84. The molecule has 4 nitrogen and oxygen atoms in total. The van der Waals surface area contributed by atoms with E-state index in [0.29, 0.717) is 24.5 Å². The van der Waals surface area contributed by atoms with Gasteiger partial charge in [-0.05, 0) is 24.6 Å². The molecule has 1 fully saturated rings. The van der Waals surface area contributed by atoms with Gasteiger partial charge in [0.1, 0.15) is 5.69 Å². The van der Waals surface area contributed by atoms with Crippen molar-refractivity contribution in [2.45, 2.75) is 12.7 Å². The van der Waals surface area contributed by atoms with Crippen molar-refractivity contribution in [3.8, 4) is 0 Å². The molecule has 2 aromatic rings. The second-order valence-electron chi connectivity index (χ2n) is 4.60. The van der Waals surface area contributed by atoms with Gasteiger partial charge in [0.25, 0.3) is 0 Å². The molecule has 0 atom stereocenters. The summed E-state index contributed by atoms with van der Waals surface area (Å²) in [7, 11) is 0. The number of hydrogen-bond acceptors (Lipinski definition) is 4. The molecule has 0 spiro atoms. The molecule has 4 heteroatoms. The van der Waals surface area contributed by atoms with Crippen LogP contribution in [0.2, 0.25) is 0 Å². The molecule has 1 aromatic heterocycles. The average molecular weight is 269 g/mol. The summed E-state index contributed by atoms with van der Waals surface area (Å²) >= 11 is 0. The summed E-state index contributed by atoms with van der Waals surface area (Å²) in [4.78, 5) is 16.4. The maximum atomic E-state index is 12.3. The quantitative estimate of drug-likeness (QED) is 0.804. The smallest absolute Gasteiger partial charge is 0.211 e. The van der Waals surface area contributed by atoms with Crippen LogP contribution in [0.4, 0.5) is 0 Å². The van der Waals surface area contributed by atoms with Gasteiger partial charge in [0.2, 0.25) is 5.78 Å². The highest BCUT2D eigenvalue weighted by molar-refractivity contribution is 6.07. The summed E-state index contributed by atoms with van der Waals surface area (Å²) in [6.45, 7) is 1.37. The SMILES string of the molecule is O=C(c1cccc(C2OCCCO2)c1)c1ccccn1. The van der Waals surface area contributed by atoms with Crippen LogP contribution in [0.5, 0.6) is 0 Å². The number of ether oxygens (including phenoxy) is 2. The molecule has 0 saturated carbocycles. The third-order valence-corrected chi connectivity index (χ3v) is 3.15. The van der Waals surface area contributed by atoms with Crippen molar-refractivity contribution < 1.29 is 14.3 Å². The molecule has 102 valence electrons. The summed E-state index contributed by atoms with van der Waals surface area (Å²) in [5.41, 5.74) is 1.90. The van der Waals surface area contributed by atoms with E-state index in [1.807, 2.05) is 18.2 Å². The topological polar surface area (TPSA) is 48.4 Å². The van der Waals surface area contributed by atoms with Crippen molar-refractivity contribution in [3.05, 3.63) is 65.5 Å². The highest BCUT2D eigenvalue weighted by atomic mass is 16.7. The highest BCUT2D eigenvalue weighted by Crippen LogP contribution is 2.24. The lowest BCUT2D eigenvalue weighted by Crippen LogP contribution is -2.18. The first-order valence-corrected chi connectivity index (χ1v) is 6.63. The fourth-order valence-electron chi connectivity index (χ4n) is 2.15. The number of nitrogens with zero attached hydrogens (tertiary/aromatic N) is 1. The van der Waals surface area contributed by atoms with E-state index in [1.165, 1.54) is 0 Å². The predicted molar refractivity (Wildman–Crippen MR) is 73.4 cm³/mol. The zero-order valence-electron chi connectivity index (χ0n) is 11.0. The molecular weight excluding hydrogens is 254 g/mol. The first kappa shape index (κ1) is 13.0. The fraction of sp³-hybridized carbons (Fsp3) is 0.250. The number of aromatic nitrogens is 1. The van der Waals surface area contributed by atoms with Crippen molar-refractivity contribution in [3.63, 3.8) is 0 Å². The third kappa shape index (κ3) is 2.76. The van der Waals surface area contributed by atoms with E-state index in [2.05, 4.69) is 4.98 Å². The van der Waals surface area contributed by atoms with Crippen molar-refractivity contribution in [2.24, 2.45) is 0 Å². The van der Waals surface area contributed by atoms with E-state index in [0.717, 1.165) is 12.0 Å². The Hall–Kier alpha value is -2.04. The number of ketones is 1. The summed E-state index contributed by atoms with van der Waals surface area (Å²) in [6.07, 6.45) is 2.15. The standard InChI is InChI=1S/C16H15NO3/c18-15(14-7-1-2-8-17-14)12-5-3-6-13(11-12)16-19-9-4-10-20-16/h1-3,5-8,11,16H,4,9-10H2. The van der Waals surface area contributed by atoms with Crippen LogP contribution in [-0.4, -0.2) is 24.0 Å². The van der Waals surface area contributed by atoms with Crippen LogP contribution < -0.4 is 0 Å². The summed E-state index contributed by atoms with van der Waals surface area (Å²) in [5, 5.41) is 0. The van der Waals surface area contributed by atoms with Crippen LogP contribution >= 0.6 is 0 Å². The number of benzene rings is 1. The molecule has 3 rings (SSSR count). The number of carbonyl (C=O) groups excluding carboxylic acids is 1.